The summed E-state index contributed by atoms with van der Waals surface area (Å²) in [6.45, 7) is 1.88. The van der Waals surface area contributed by atoms with Crippen LogP contribution in [0.1, 0.15) is 10.4 Å². The SMILES string of the molecule is Nc1ncc(-c2nnc(NC(=O)c3ccc(OC(F)(F)F)c(NC(=O)CN4CCOCC4)c3)s2)s1. The van der Waals surface area contributed by atoms with E-state index in [1.807, 2.05) is 0 Å². The Balaban J connectivity index is 1.49. The zero-order valence-corrected chi connectivity index (χ0v) is 19.4. The van der Waals surface area contributed by atoms with Gasteiger partial charge in [0.05, 0.1) is 36.5 Å². The molecule has 1 saturated heterocycles. The fourth-order valence-corrected chi connectivity index (χ4v) is 4.52. The van der Waals surface area contributed by atoms with Crippen LogP contribution in [-0.2, 0) is 9.53 Å². The molecule has 0 bridgehead atoms. The summed E-state index contributed by atoms with van der Waals surface area (Å²) in [6, 6.07) is 3.19. The quantitative estimate of drug-likeness (QED) is 0.421. The van der Waals surface area contributed by atoms with E-state index in [2.05, 4.69) is 30.6 Å². The third kappa shape index (κ3) is 6.84. The second kappa shape index (κ2) is 10.5. The number of aromatic nitrogens is 3. The molecule has 35 heavy (non-hydrogen) atoms. The first-order valence-corrected chi connectivity index (χ1v) is 11.7. The number of nitrogens with two attached hydrogens (primary N) is 1. The Kier molecular flexibility index (Phi) is 7.44. The van der Waals surface area contributed by atoms with Crippen LogP contribution < -0.4 is 21.1 Å². The van der Waals surface area contributed by atoms with Crippen LogP contribution in [0, 0.1) is 0 Å². The number of halogens is 3. The van der Waals surface area contributed by atoms with Gasteiger partial charge in [0.15, 0.2) is 15.9 Å². The average Bonchev–Trinajstić information content (AvgIpc) is 3.43. The molecule has 0 saturated carbocycles. The summed E-state index contributed by atoms with van der Waals surface area (Å²) in [5.74, 6) is -1.88. The minimum atomic E-state index is -4.99. The molecule has 0 atom stereocenters. The molecule has 186 valence electrons. The minimum absolute atomic E-state index is 0.0278. The van der Waals surface area contributed by atoms with Crippen LogP contribution >= 0.6 is 22.7 Å². The van der Waals surface area contributed by atoms with Gasteiger partial charge in [0.2, 0.25) is 11.0 Å². The minimum Gasteiger partial charge on any atom is -0.404 e. The van der Waals surface area contributed by atoms with Gasteiger partial charge in [-0.15, -0.1) is 23.4 Å². The van der Waals surface area contributed by atoms with Gasteiger partial charge in [-0.3, -0.25) is 19.8 Å². The smallest absolute Gasteiger partial charge is 0.404 e. The zero-order valence-electron chi connectivity index (χ0n) is 17.8. The van der Waals surface area contributed by atoms with Crippen LogP contribution in [0.4, 0.5) is 29.1 Å². The molecule has 0 radical (unpaired) electrons. The van der Waals surface area contributed by atoms with Gasteiger partial charge in [-0.1, -0.05) is 22.7 Å². The molecule has 1 fully saturated rings. The van der Waals surface area contributed by atoms with Crippen molar-refractivity contribution < 1.29 is 32.2 Å². The van der Waals surface area contributed by atoms with Crippen molar-refractivity contribution in [3.8, 4) is 15.6 Å². The number of carbonyl (C=O) groups excluding carboxylic acids is 2. The fourth-order valence-electron chi connectivity index (χ4n) is 3.06. The Morgan fingerprint density at radius 3 is 2.63 bits per heavy atom. The third-order valence-corrected chi connectivity index (χ3v) is 6.43. The van der Waals surface area contributed by atoms with Crippen molar-refractivity contribution in [3.63, 3.8) is 0 Å². The number of anilines is 3. The number of hydrogen-bond acceptors (Lipinski definition) is 11. The van der Waals surface area contributed by atoms with Crippen LogP contribution in [0.2, 0.25) is 0 Å². The molecule has 4 rings (SSSR count). The lowest BCUT2D eigenvalue weighted by molar-refractivity contribution is -0.274. The standard InChI is InChI=1S/C19H18F3N7O4S2/c20-19(21,22)33-12-2-1-10(7-11(12)25-14(30)9-29-3-5-32-6-4-29)15(31)26-18-28-27-16(35-18)13-8-24-17(23)34-13/h1-2,7-8H,3-6,9H2,(H2,23,24)(H,25,30)(H,26,28,31). The van der Waals surface area contributed by atoms with Gasteiger partial charge in [0.25, 0.3) is 5.91 Å². The molecule has 4 N–H and O–H groups in total. The van der Waals surface area contributed by atoms with Crippen molar-refractivity contribution in [2.24, 2.45) is 0 Å². The third-order valence-electron chi connectivity index (χ3n) is 4.59. The van der Waals surface area contributed by atoms with Crippen molar-refractivity contribution in [2.75, 3.05) is 49.2 Å². The average molecular weight is 530 g/mol. The second-order valence-corrected chi connectivity index (χ2v) is 9.16. The van der Waals surface area contributed by atoms with E-state index in [1.165, 1.54) is 17.5 Å². The number of ether oxygens (including phenoxy) is 2. The summed E-state index contributed by atoms with van der Waals surface area (Å²) in [5, 5.41) is 13.8. The lowest BCUT2D eigenvalue weighted by Gasteiger charge is -2.26. The molecule has 0 spiro atoms. The van der Waals surface area contributed by atoms with Crippen molar-refractivity contribution in [1.82, 2.24) is 20.1 Å². The predicted octanol–water partition coefficient (Wildman–Crippen LogP) is 2.67. The number of rotatable bonds is 7. The Labute approximate surface area is 204 Å². The molecule has 3 aromatic rings. The Morgan fingerprint density at radius 2 is 1.94 bits per heavy atom. The van der Waals surface area contributed by atoms with E-state index in [0.29, 0.717) is 41.3 Å². The molecule has 1 aliphatic heterocycles. The summed E-state index contributed by atoms with van der Waals surface area (Å²) in [4.78, 5) is 31.6. The summed E-state index contributed by atoms with van der Waals surface area (Å²) in [6.07, 6.45) is -3.46. The van der Waals surface area contributed by atoms with E-state index in [0.717, 1.165) is 29.5 Å². The molecule has 0 unspecified atom stereocenters. The maximum absolute atomic E-state index is 12.9. The Bertz CT molecular complexity index is 1210. The summed E-state index contributed by atoms with van der Waals surface area (Å²) in [5.41, 5.74) is 5.28. The number of nitrogen functional groups attached to an aromatic ring is 1. The predicted molar refractivity (Wildman–Crippen MR) is 122 cm³/mol. The second-order valence-electron chi connectivity index (χ2n) is 7.12. The highest BCUT2D eigenvalue weighted by Crippen LogP contribution is 2.33. The fraction of sp³-hybridized carbons (Fsp3) is 0.316. The number of hydrogen-bond donors (Lipinski definition) is 3. The molecule has 1 aliphatic rings. The Morgan fingerprint density at radius 1 is 1.17 bits per heavy atom. The van der Waals surface area contributed by atoms with Crippen molar-refractivity contribution >= 4 is 50.4 Å². The topological polar surface area (TPSA) is 145 Å². The monoisotopic (exact) mass is 529 g/mol. The van der Waals surface area contributed by atoms with Crippen LogP contribution in [-0.4, -0.2) is 71.1 Å². The van der Waals surface area contributed by atoms with Gasteiger partial charge in [-0.05, 0) is 18.2 Å². The molecule has 2 aromatic heterocycles. The molecular weight excluding hydrogens is 511 g/mol. The number of morpholine rings is 1. The first-order chi connectivity index (χ1) is 16.7. The normalized spacial score (nSPS) is 14.5. The molecule has 0 aliphatic carbocycles. The van der Waals surface area contributed by atoms with Crippen LogP contribution in [0.15, 0.2) is 24.4 Å². The number of nitrogens with zero attached hydrogens (tertiary/aromatic N) is 4. The van der Waals surface area contributed by atoms with Gasteiger partial charge >= 0.3 is 6.36 Å². The summed E-state index contributed by atoms with van der Waals surface area (Å²) >= 11 is 2.27. The van der Waals surface area contributed by atoms with Crippen molar-refractivity contribution in [1.29, 1.82) is 0 Å². The molecule has 2 amide bonds. The Hall–Kier alpha value is -3.34. The number of nitrogens with one attached hydrogen (secondary N) is 2. The highest BCUT2D eigenvalue weighted by molar-refractivity contribution is 7.25. The van der Waals surface area contributed by atoms with Crippen molar-refractivity contribution in [2.45, 2.75) is 6.36 Å². The number of thiazole rings is 1. The number of carbonyl (C=O) groups is 2. The number of alkyl halides is 3. The first kappa shape index (κ1) is 24.8. The van der Waals surface area contributed by atoms with Gasteiger partial charge in [-0.25, -0.2) is 4.98 Å². The lowest BCUT2D eigenvalue weighted by atomic mass is 10.1. The number of benzene rings is 1. The van der Waals surface area contributed by atoms with Gasteiger partial charge in [0, 0.05) is 18.7 Å². The molecular formula is C19H18F3N7O4S2. The molecule has 16 heteroatoms. The lowest BCUT2D eigenvalue weighted by Crippen LogP contribution is -2.41. The molecule has 11 nitrogen and oxygen atoms in total. The van der Waals surface area contributed by atoms with E-state index in [-0.39, 0.29) is 22.9 Å². The van der Waals surface area contributed by atoms with E-state index in [9.17, 15) is 22.8 Å². The van der Waals surface area contributed by atoms with E-state index >= 15 is 0 Å². The van der Waals surface area contributed by atoms with Crippen LogP contribution in [0.5, 0.6) is 5.75 Å². The largest absolute Gasteiger partial charge is 0.573 e. The van der Waals surface area contributed by atoms with Gasteiger partial charge < -0.3 is 20.5 Å². The number of amides is 2. The molecule has 1 aromatic carbocycles. The maximum Gasteiger partial charge on any atom is 0.573 e. The van der Waals surface area contributed by atoms with Gasteiger partial charge in [0.1, 0.15) is 0 Å². The first-order valence-electron chi connectivity index (χ1n) is 10.0. The summed E-state index contributed by atoms with van der Waals surface area (Å²) in [7, 11) is 0. The highest BCUT2D eigenvalue weighted by atomic mass is 32.1. The van der Waals surface area contributed by atoms with E-state index in [1.54, 1.807) is 4.90 Å². The maximum atomic E-state index is 12.9. The van der Waals surface area contributed by atoms with Gasteiger partial charge in [-0.2, -0.15) is 0 Å². The highest BCUT2D eigenvalue weighted by Gasteiger charge is 2.32. The zero-order chi connectivity index (χ0) is 25.0. The molecule has 3 heterocycles. The van der Waals surface area contributed by atoms with Crippen LogP contribution in [0.3, 0.4) is 0 Å². The van der Waals surface area contributed by atoms with E-state index in [4.69, 9.17) is 10.5 Å². The van der Waals surface area contributed by atoms with Crippen LogP contribution in [0.25, 0.3) is 9.88 Å². The van der Waals surface area contributed by atoms with Crippen molar-refractivity contribution in [3.05, 3.63) is 30.0 Å². The van der Waals surface area contributed by atoms with E-state index < -0.39 is 23.9 Å². The summed E-state index contributed by atoms with van der Waals surface area (Å²) < 4.78 is 47.8.